The van der Waals surface area contributed by atoms with Gasteiger partial charge in [-0.15, -0.1) is 10.2 Å². The number of benzene rings is 2. The molecule has 27 heavy (non-hydrogen) atoms. The number of nitrogens with one attached hydrogen (secondary N) is 1. The van der Waals surface area contributed by atoms with Gasteiger partial charge in [-0.2, -0.15) is 0 Å². The van der Waals surface area contributed by atoms with Gasteiger partial charge in [-0.05, 0) is 24.3 Å². The maximum absolute atomic E-state index is 12.3. The highest BCUT2D eigenvalue weighted by atomic mass is 32.1. The molecular formula is C17H14N4O5S. The van der Waals surface area contributed by atoms with Crippen molar-refractivity contribution >= 4 is 28.1 Å². The molecule has 0 bridgehead atoms. The molecule has 1 heterocycles. The number of rotatable bonds is 6. The standard InChI is InChI=1S/C17H14N4O5S/c1-25-12-7-8-13(14(9-12)26-2)16-19-20-17(27-16)18-15(22)10-3-5-11(6-4-10)21(23)24/h3-9H,1-2H3,(H,18,20,22). The molecule has 1 aromatic heterocycles. The van der Waals surface area contributed by atoms with Gasteiger partial charge in [0, 0.05) is 23.8 Å². The van der Waals surface area contributed by atoms with Crippen LogP contribution in [-0.4, -0.2) is 35.2 Å². The Labute approximate surface area is 157 Å². The number of nitro groups is 1. The van der Waals surface area contributed by atoms with Gasteiger partial charge in [0.15, 0.2) is 5.01 Å². The highest BCUT2D eigenvalue weighted by Gasteiger charge is 2.15. The third kappa shape index (κ3) is 4.01. The highest BCUT2D eigenvalue weighted by Crippen LogP contribution is 2.36. The van der Waals surface area contributed by atoms with Crippen molar-refractivity contribution in [2.45, 2.75) is 0 Å². The third-order valence-corrected chi connectivity index (χ3v) is 4.50. The fraction of sp³-hybridized carbons (Fsp3) is 0.118. The monoisotopic (exact) mass is 386 g/mol. The van der Waals surface area contributed by atoms with Crippen LogP contribution < -0.4 is 14.8 Å². The van der Waals surface area contributed by atoms with Crippen LogP contribution in [0.2, 0.25) is 0 Å². The summed E-state index contributed by atoms with van der Waals surface area (Å²) >= 11 is 1.18. The van der Waals surface area contributed by atoms with E-state index in [1.165, 1.54) is 42.7 Å². The average molecular weight is 386 g/mol. The van der Waals surface area contributed by atoms with E-state index in [2.05, 4.69) is 15.5 Å². The van der Waals surface area contributed by atoms with Gasteiger partial charge >= 0.3 is 0 Å². The van der Waals surface area contributed by atoms with E-state index in [4.69, 9.17) is 9.47 Å². The van der Waals surface area contributed by atoms with Crippen LogP contribution in [0.5, 0.6) is 11.5 Å². The van der Waals surface area contributed by atoms with Crippen LogP contribution in [0.15, 0.2) is 42.5 Å². The van der Waals surface area contributed by atoms with Crippen molar-refractivity contribution < 1.29 is 19.2 Å². The van der Waals surface area contributed by atoms with Crippen LogP contribution in [0.1, 0.15) is 10.4 Å². The molecule has 0 radical (unpaired) electrons. The van der Waals surface area contributed by atoms with E-state index in [1.54, 1.807) is 25.3 Å². The van der Waals surface area contributed by atoms with E-state index in [-0.39, 0.29) is 11.3 Å². The molecule has 138 valence electrons. The zero-order valence-corrected chi connectivity index (χ0v) is 15.1. The second kappa shape index (κ2) is 7.79. The number of nitrogens with zero attached hydrogens (tertiary/aromatic N) is 3. The number of carbonyl (C=O) groups is 1. The topological polar surface area (TPSA) is 116 Å². The molecule has 0 saturated heterocycles. The lowest BCUT2D eigenvalue weighted by molar-refractivity contribution is -0.384. The minimum Gasteiger partial charge on any atom is -0.497 e. The molecule has 10 heteroatoms. The number of anilines is 1. The van der Waals surface area contributed by atoms with Crippen molar-refractivity contribution in [1.82, 2.24) is 10.2 Å². The molecule has 0 spiro atoms. The predicted molar refractivity (Wildman–Crippen MR) is 99.5 cm³/mol. The number of hydrogen-bond donors (Lipinski definition) is 1. The molecule has 1 N–H and O–H groups in total. The predicted octanol–water partition coefficient (Wildman–Crippen LogP) is 3.38. The Balaban J connectivity index is 1.78. The lowest BCUT2D eigenvalue weighted by atomic mass is 10.2. The summed E-state index contributed by atoms with van der Waals surface area (Å²) in [6, 6.07) is 10.6. The molecular weight excluding hydrogens is 372 g/mol. The Morgan fingerprint density at radius 2 is 1.85 bits per heavy atom. The van der Waals surface area contributed by atoms with Crippen molar-refractivity contribution in [2.75, 3.05) is 19.5 Å². The van der Waals surface area contributed by atoms with Gasteiger partial charge in [0.1, 0.15) is 11.5 Å². The minimum absolute atomic E-state index is 0.0867. The SMILES string of the molecule is COc1ccc(-c2nnc(NC(=O)c3ccc([N+](=O)[O-])cc3)s2)c(OC)c1. The lowest BCUT2D eigenvalue weighted by Gasteiger charge is -2.07. The first-order chi connectivity index (χ1) is 13.0. The number of methoxy groups -OCH3 is 2. The summed E-state index contributed by atoms with van der Waals surface area (Å²) in [4.78, 5) is 22.4. The van der Waals surface area contributed by atoms with E-state index in [0.717, 1.165) is 0 Å². The maximum Gasteiger partial charge on any atom is 0.269 e. The van der Waals surface area contributed by atoms with Crippen molar-refractivity contribution in [3.05, 3.63) is 58.1 Å². The number of ether oxygens (including phenoxy) is 2. The van der Waals surface area contributed by atoms with Gasteiger partial charge in [0.2, 0.25) is 5.13 Å². The van der Waals surface area contributed by atoms with E-state index in [1.807, 2.05) is 0 Å². The molecule has 0 saturated carbocycles. The zero-order valence-electron chi connectivity index (χ0n) is 14.3. The summed E-state index contributed by atoms with van der Waals surface area (Å²) in [6.07, 6.45) is 0. The summed E-state index contributed by atoms with van der Waals surface area (Å²) in [5.74, 6) is 0.778. The summed E-state index contributed by atoms with van der Waals surface area (Å²) in [5, 5.41) is 22.2. The van der Waals surface area contributed by atoms with Gasteiger partial charge in [-0.3, -0.25) is 20.2 Å². The summed E-state index contributed by atoms with van der Waals surface area (Å²) in [5.41, 5.74) is 0.905. The van der Waals surface area contributed by atoms with E-state index in [0.29, 0.717) is 27.2 Å². The summed E-state index contributed by atoms with van der Waals surface area (Å²) in [7, 11) is 3.10. The molecule has 0 atom stereocenters. The van der Waals surface area contributed by atoms with Gasteiger partial charge in [-0.1, -0.05) is 11.3 Å². The van der Waals surface area contributed by atoms with E-state index in [9.17, 15) is 14.9 Å². The Morgan fingerprint density at radius 3 is 2.48 bits per heavy atom. The van der Waals surface area contributed by atoms with Crippen LogP contribution in [0.3, 0.4) is 0 Å². The second-order valence-electron chi connectivity index (χ2n) is 5.24. The largest absolute Gasteiger partial charge is 0.497 e. The van der Waals surface area contributed by atoms with Crippen LogP contribution in [0, 0.1) is 10.1 Å². The summed E-state index contributed by atoms with van der Waals surface area (Å²) in [6.45, 7) is 0. The average Bonchev–Trinajstić information content (AvgIpc) is 3.15. The number of carbonyl (C=O) groups excluding carboxylic acids is 1. The molecule has 0 aliphatic rings. The molecule has 3 aromatic rings. The van der Waals surface area contributed by atoms with Gasteiger partial charge in [-0.25, -0.2) is 0 Å². The van der Waals surface area contributed by atoms with Crippen molar-refractivity contribution in [3.8, 4) is 22.1 Å². The Kier molecular flexibility index (Phi) is 5.27. The number of hydrogen-bond acceptors (Lipinski definition) is 8. The van der Waals surface area contributed by atoms with Gasteiger partial charge in [0.05, 0.1) is 24.7 Å². The first-order valence-electron chi connectivity index (χ1n) is 7.63. The van der Waals surface area contributed by atoms with Crippen LogP contribution >= 0.6 is 11.3 Å². The van der Waals surface area contributed by atoms with Crippen LogP contribution in [-0.2, 0) is 0 Å². The van der Waals surface area contributed by atoms with Crippen molar-refractivity contribution in [3.63, 3.8) is 0 Å². The Morgan fingerprint density at radius 1 is 1.11 bits per heavy atom. The zero-order chi connectivity index (χ0) is 19.4. The van der Waals surface area contributed by atoms with Crippen molar-refractivity contribution in [2.24, 2.45) is 0 Å². The quantitative estimate of drug-likeness (QED) is 0.510. The first kappa shape index (κ1) is 18.3. The summed E-state index contributed by atoms with van der Waals surface area (Å²) < 4.78 is 10.5. The fourth-order valence-corrected chi connectivity index (χ4v) is 3.03. The smallest absolute Gasteiger partial charge is 0.269 e. The Hall–Kier alpha value is -3.53. The number of amides is 1. The van der Waals surface area contributed by atoms with E-state index < -0.39 is 10.8 Å². The number of non-ortho nitro benzene ring substituents is 1. The fourth-order valence-electron chi connectivity index (χ4n) is 2.26. The number of nitro benzene ring substituents is 1. The molecule has 0 unspecified atom stereocenters. The second-order valence-corrected chi connectivity index (χ2v) is 6.21. The van der Waals surface area contributed by atoms with Crippen LogP contribution in [0.25, 0.3) is 10.6 Å². The molecule has 0 aliphatic carbocycles. The normalized spacial score (nSPS) is 10.3. The molecule has 9 nitrogen and oxygen atoms in total. The number of aromatic nitrogens is 2. The van der Waals surface area contributed by atoms with Crippen LogP contribution in [0.4, 0.5) is 10.8 Å². The molecule has 3 rings (SSSR count). The van der Waals surface area contributed by atoms with Gasteiger partial charge < -0.3 is 9.47 Å². The molecule has 2 aromatic carbocycles. The first-order valence-corrected chi connectivity index (χ1v) is 8.45. The molecule has 0 aliphatic heterocycles. The van der Waals surface area contributed by atoms with Gasteiger partial charge in [0.25, 0.3) is 11.6 Å². The minimum atomic E-state index is -0.527. The molecule has 0 fully saturated rings. The highest BCUT2D eigenvalue weighted by molar-refractivity contribution is 7.18. The third-order valence-electron chi connectivity index (χ3n) is 3.62. The molecule has 1 amide bonds. The Bertz CT molecular complexity index is 987. The van der Waals surface area contributed by atoms with E-state index >= 15 is 0 Å². The lowest BCUT2D eigenvalue weighted by Crippen LogP contribution is -2.11. The van der Waals surface area contributed by atoms with Crippen molar-refractivity contribution in [1.29, 1.82) is 0 Å². The maximum atomic E-state index is 12.3.